The summed E-state index contributed by atoms with van der Waals surface area (Å²) in [4.78, 5) is 0. The Balaban J connectivity index is 2.19. The Morgan fingerprint density at radius 2 is 1.62 bits per heavy atom. The third-order valence-corrected chi connectivity index (χ3v) is 4.06. The first-order valence-electron chi connectivity index (χ1n) is 5.45. The average Bonchev–Trinajstić information content (AvgIpc) is 2.02. The standard InChI is InChI=1S/C11H22N2/c1-10(2,3)11-4-9(5-12-7-11)6-13-8-11/h9,12-13H,4-8H2,1-3H3. The summed E-state index contributed by atoms with van der Waals surface area (Å²) in [6, 6.07) is 0. The van der Waals surface area contributed by atoms with Crippen LogP contribution in [0.1, 0.15) is 27.2 Å². The number of piperidine rings is 2. The van der Waals surface area contributed by atoms with E-state index in [1.807, 2.05) is 0 Å². The van der Waals surface area contributed by atoms with E-state index in [0.717, 1.165) is 5.92 Å². The zero-order chi connectivity index (χ0) is 9.53. The van der Waals surface area contributed by atoms with E-state index in [1.165, 1.54) is 32.6 Å². The summed E-state index contributed by atoms with van der Waals surface area (Å²) in [6.45, 7) is 12.0. The van der Waals surface area contributed by atoms with Crippen molar-refractivity contribution in [3.8, 4) is 0 Å². The number of fused-ring (bicyclic) bond motifs is 2. The fourth-order valence-electron chi connectivity index (χ4n) is 2.84. The molecule has 2 nitrogen and oxygen atoms in total. The van der Waals surface area contributed by atoms with E-state index in [1.54, 1.807) is 0 Å². The molecule has 2 aliphatic rings. The van der Waals surface area contributed by atoms with Crippen LogP contribution in [0.5, 0.6) is 0 Å². The molecule has 2 rings (SSSR count). The van der Waals surface area contributed by atoms with Gasteiger partial charge in [0.2, 0.25) is 0 Å². The molecule has 2 bridgehead atoms. The number of nitrogens with one attached hydrogen (secondary N) is 2. The maximum atomic E-state index is 3.59. The molecule has 0 amide bonds. The van der Waals surface area contributed by atoms with E-state index in [-0.39, 0.29) is 0 Å². The lowest BCUT2D eigenvalue weighted by Crippen LogP contribution is -2.61. The highest BCUT2D eigenvalue weighted by Gasteiger charge is 2.46. The van der Waals surface area contributed by atoms with Gasteiger partial charge in [0.1, 0.15) is 0 Å². The summed E-state index contributed by atoms with van der Waals surface area (Å²) in [7, 11) is 0. The van der Waals surface area contributed by atoms with Gasteiger partial charge in [-0.1, -0.05) is 20.8 Å². The van der Waals surface area contributed by atoms with Crippen molar-refractivity contribution in [2.75, 3.05) is 26.2 Å². The Kier molecular flexibility index (Phi) is 2.16. The topological polar surface area (TPSA) is 24.1 Å². The van der Waals surface area contributed by atoms with E-state index in [2.05, 4.69) is 31.4 Å². The molecular formula is C11H22N2. The van der Waals surface area contributed by atoms with Crippen molar-refractivity contribution < 1.29 is 0 Å². The minimum Gasteiger partial charge on any atom is -0.316 e. The van der Waals surface area contributed by atoms with Crippen molar-refractivity contribution in [1.82, 2.24) is 10.6 Å². The van der Waals surface area contributed by atoms with Crippen LogP contribution in [-0.4, -0.2) is 26.2 Å². The predicted molar refractivity (Wildman–Crippen MR) is 55.7 cm³/mol. The van der Waals surface area contributed by atoms with E-state index >= 15 is 0 Å². The van der Waals surface area contributed by atoms with Gasteiger partial charge in [0.25, 0.3) is 0 Å². The molecule has 0 aromatic carbocycles. The SMILES string of the molecule is CC(C)(C)C12CNCC(CNC1)C2. The minimum atomic E-state index is 0.423. The summed E-state index contributed by atoms with van der Waals surface area (Å²) >= 11 is 0. The molecule has 0 radical (unpaired) electrons. The zero-order valence-corrected chi connectivity index (χ0v) is 9.11. The largest absolute Gasteiger partial charge is 0.316 e. The van der Waals surface area contributed by atoms with Gasteiger partial charge in [0.15, 0.2) is 0 Å². The summed E-state index contributed by atoms with van der Waals surface area (Å²) < 4.78 is 0. The van der Waals surface area contributed by atoms with Crippen LogP contribution in [0, 0.1) is 16.7 Å². The van der Waals surface area contributed by atoms with Crippen molar-refractivity contribution in [1.29, 1.82) is 0 Å². The van der Waals surface area contributed by atoms with Gasteiger partial charge in [0.05, 0.1) is 0 Å². The van der Waals surface area contributed by atoms with Crippen LogP contribution in [0.3, 0.4) is 0 Å². The van der Waals surface area contributed by atoms with Gasteiger partial charge in [-0.3, -0.25) is 0 Å². The number of rotatable bonds is 0. The fourth-order valence-corrected chi connectivity index (χ4v) is 2.84. The molecule has 0 unspecified atom stereocenters. The second-order valence-corrected chi connectivity index (χ2v) is 5.86. The molecule has 2 heteroatoms. The third-order valence-electron chi connectivity index (χ3n) is 4.06. The molecule has 2 heterocycles. The summed E-state index contributed by atoms with van der Waals surface area (Å²) in [5.74, 6) is 0.863. The highest BCUT2D eigenvalue weighted by molar-refractivity contribution is 5.01. The first-order valence-corrected chi connectivity index (χ1v) is 5.45. The monoisotopic (exact) mass is 182 g/mol. The van der Waals surface area contributed by atoms with Crippen LogP contribution < -0.4 is 10.6 Å². The second-order valence-electron chi connectivity index (χ2n) is 5.86. The highest BCUT2D eigenvalue weighted by Crippen LogP contribution is 2.45. The van der Waals surface area contributed by atoms with Crippen molar-refractivity contribution in [3.05, 3.63) is 0 Å². The predicted octanol–water partition coefficient (Wildman–Crippen LogP) is 1.23. The summed E-state index contributed by atoms with van der Waals surface area (Å²) in [6.07, 6.45) is 1.41. The minimum absolute atomic E-state index is 0.423. The molecule has 0 spiro atoms. The van der Waals surface area contributed by atoms with Gasteiger partial charge >= 0.3 is 0 Å². The van der Waals surface area contributed by atoms with E-state index in [9.17, 15) is 0 Å². The maximum absolute atomic E-state index is 3.59. The molecule has 2 saturated heterocycles. The lowest BCUT2D eigenvalue weighted by molar-refractivity contribution is 0.00517. The zero-order valence-electron chi connectivity index (χ0n) is 9.11. The molecule has 76 valence electrons. The van der Waals surface area contributed by atoms with Gasteiger partial charge in [-0.05, 0) is 30.8 Å². The van der Waals surface area contributed by atoms with E-state index < -0.39 is 0 Å². The van der Waals surface area contributed by atoms with E-state index in [4.69, 9.17) is 0 Å². The maximum Gasteiger partial charge on any atom is 0.00253 e. The lowest BCUT2D eigenvalue weighted by atomic mass is 9.59. The quantitative estimate of drug-likeness (QED) is 0.589. The summed E-state index contributed by atoms with van der Waals surface area (Å²) in [5.41, 5.74) is 0.917. The molecule has 2 N–H and O–H groups in total. The summed E-state index contributed by atoms with van der Waals surface area (Å²) in [5, 5.41) is 7.19. The van der Waals surface area contributed by atoms with Crippen molar-refractivity contribution in [3.63, 3.8) is 0 Å². The first kappa shape index (κ1) is 9.47. The van der Waals surface area contributed by atoms with Gasteiger partial charge in [0, 0.05) is 18.5 Å². The van der Waals surface area contributed by atoms with Crippen LogP contribution >= 0.6 is 0 Å². The third kappa shape index (κ3) is 1.50. The van der Waals surface area contributed by atoms with Gasteiger partial charge < -0.3 is 10.6 Å². The molecule has 2 aliphatic heterocycles. The van der Waals surface area contributed by atoms with Crippen LogP contribution in [0.15, 0.2) is 0 Å². The molecular weight excluding hydrogens is 160 g/mol. The molecule has 0 aliphatic carbocycles. The lowest BCUT2D eigenvalue weighted by Gasteiger charge is -2.53. The Bertz CT molecular complexity index is 183. The van der Waals surface area contributed by atoms with Gasteiger partial charge in [-0.15, -0.1) is 0 Å². The first-order chi connectivity index (χ1) is 6.04. The fraction of sp³-hybridized carbons (Fsp3) is 1.00. The Hall–Kier alpha value is -0.0800. The van der Waals surface area contributed by atoms with Gasteiger partial charge in [-0.2, -0.15) is 0 Å². The second kappa shape index (κ2) is 2.96. The van der Waals surface area contributed by atoms with Crippen molar-refractivity contribution in [2.24, 2.45) is 16.7 Å². The van der Waals surface area contributed by atoms with Crippen LogP contribution in [0.25, 0.3) is 0 Å². The highest BCUT2D eigenvalue weighted by atomic mass is 15.0. The van der Waals surface area contributed by atoms with Crippen LogP contribution in [0.2, 0.25) is 0 Å². The normalized spacial score (nSPS) is 40.4. The number of hydrogen-bond acceptors (Lipinski definition) is 2. The Labute approximate surface area is 81.5 Å². The van der Waals surface area contributed by atoms with E-state index in [0.29, 0.717) is 10.8 Å². The van der Waals surface area contributed by atoms with Crippen molar-refractivity contribution in [2.45, 2.75) is 27.2 Å². The molecule has 0 atom stereocenters. The van der Waals surface area contributed by atoms with Crippen LogP contribution in [-0.2, 0) is 0 Å². The Morgan fingerprint density at radius 1 is 1.08 bits per heavy atom. The average molecular weight is 182 g/mol. The molecule has 0 aromatic rings. The van der Waals surface area contributed by atoms with Crippen molar-refractivity contribution >= 4 is 0 Å². The number of hydrogen-bond donors (Lipinski definition) is 2. The van der Waals surface area contributed by atoms with Gasteiger partial charge in [-0.25, -0.2) is 0 Å². The molecule has 13 heavy (non-hydrogen) atoms. The van der Waals surface area contributed by atoms with Crippen LogP contribution in [0.4, 0.5) is 0 Å². The smallest absolute Gasteiger partial charge is 0.00253 e. The molecule has 2 fully saturated rings. The Morgan fingerprint density at radius 3 is 2.00 bits per heavy atom. The molecule has 0 aromatic heterocycles. The molecule has 0 saturated carbocycles.